The zero-order chi connectivity index (χ0) is 19.9. The highest BCUT2D eigenvalue weighted by atomic mass is 35.5. The third kappa shape index (κ3) is 5.41. The lowest BCUT2D eigenvalue weighted by Crippen LogP contribution is -2.41. The average Bonchev–Trinajstić information content (AvgIpc) is 3.20. The number of carbonyl (C=O) groups is 2. The van der Waals surface area contributed by atoms with E-state index in [1.54, 1.807) is 25.3 Å². The van der Waals surface area contributed by atoms with Gasteiger partial charge >= 0.3 is 0 Å². The Morgan fingerprint density at radius 2 is 2.25 bits per heavy atom. The Kier molecular flexibility index (Phi) is 6.80. The molecule has 0 bridgehead atoms. The van der Waals surface area contributed by atoms with Gasteiger partial charge < -0.3 is 15.0 Å². The number of hydrogen-bond donors (Lipinski definition) is 1. The third-order valence-electron chi connectivity index (χ3n) is 4.78. The van der Waals surface area contributed by atoms with E-state index in [-0.39, 0.29) is 18.4 Å². The molecule has 1 fully saturated rings. The van der Waals surface area contributed by atoms with Crippen molar-refractivity contribution in [3.63, 3.8) is 0 Å². The number of piperidine rings is 1. The predicted molar refractivity (Wildman–Crippen MR) is 103 cm³/mol. The number of tetrazole rings is 1. The summed E-state index contributed by atoms with van der Waals surface area (Å²) in [6.07, 6.45) is 4.49. The lowest BCUT2D eigenvalue weighted by molar-refractivity contribution is -0.133. The second-order valence-electron chi connectivity index (χ2n) is 6.79. The van der Waals surface area contributed by atoms with Gasteiger partial charge in [0.1, 0.15) is 18.6 Å². The van der Waals surface area contributed by atoms with Crippen LogP contribution in [0.25, 0.3) is 0 Å². The van der Waals surface area contributed by atoms with Crippen LogP contribution in [-0.2, 0) is 16.1 Å². The maximum Gasteiger partial charge on any atom is 0.244 e. The highest BCUT2D eigenvalue weighted by Crippen LogP contribution is 2.27. The molecule has 0 saturated carbocycles. The standard InChI is InChI=1S/C18H23ClN6O3/c1-28-16-6-5-14(9-15(16)19)21-17(26)7-4-13-3-2-8-24(10-13)18(27)11-25-12-20-22-23-25/h5-6,9,12-13H,2-4,7-8,10-11H2,1H3,(H,21,26). The number of rotatable bonds is 7. The molecule has 1 N–H and O–H groups in total. The number of hydrogen-bond acceptors (Lipinski definition) is 6. The molecule has 0 spiro atoms. The highest BCUT2D eigenvalue weighted by molar-refractivity contribution is 6.32. The fraction of sp³-hybridized carbons (Fsp3) is 0.500. The van der Waals surface area contributed by atoms with Crippen LogP contribution in [0.15, 0.2) is 24.5 Å². The lowest BCUT2D eigenvalue weighted by Gasteiger charge is -2.32. The highest BCUT2D eigenvalue weighted by Gasteiger charge is 2.24. The zero-order valence-electron chi connectivity index (χ0n) is 15.7. The van der Waals surface area contributed by atoms with Crippen molar-refractivity contribution >= 4 is 29.1 Å². The fourth-order valence-corrected chi connectivity index (χ4v) is 3.58. The molecule has 10 heteroatoms. The molecular weight excluding hydrogens is 384 g/mol. The Hall–Kier alpha value is -2.68. The molecule has 3 rings (SSSR count). The number of aromatic nitrogens is 4. The first-order valence-electron chi connectivity index (χ1n) is 9.17. The maximum absolute atomic E-state index is 12.4. The van der Waals surface area contributed by atoms with E-state index in [9.17, 15) is 9.59 Å². The monoisotopic (exact) mass is 406 g/mol. The smallest absolute Gasteiger partial charge is 0.244 e. The number of benzene rings is 1. The van der Waals surface area contributed by atoms with Crippen LogP contribution in [0.5, 0.6) is 5.75 Å². The van der Waals surface area contributed by atoms with Gasteiger partial charge in [0, 0.05) is 25.2 Å². The summed E-state index contributed by atoms with van der Waals surface area (Å²) in [5.74, 6) is 0.790. The Labute approximate surface area is 168 Å². The van der Waals surface area contributed by atoms with Crippen LogP contribution in [0.3, 0.4) is 0 Å². The number of nitrogens with one attached hydrogen (secondary N) is 1. The van der Waals surface area contributed by atoms with Crippen LogP contribution in [-0.4, -0.2) is 57.1 Å². The molecule has 2 aromatic rings. The second-order valence-corrected chi connectivity index (χ2v) is 7.20. The zero-order valence-corrected chi connectivity index (χ0v) is 16.4. The molecule has 1 unspecified atom stereocenters. The van der Waals surface area contributed by atoms with E-state index in [4.69, 9.17) is 16.3 Å². The molecule has 28 heavy (non-hydrogen) atoms. The van der Waals surface area contributed by atoms with Gasteiger partial charge in [-0.05, 0) is 53.8 Å². The normalized spacial score (nSPS) is 16.6. The number of anilines is 1. The Morgan fingerprint density at radius 3 is 2.96 bits per heavy atom. The van der Waals surface area contributed by atoms with E-state index in [1.807, 2.05) is 4.90 Å². The summed E-state index contributed by atoms with van der Waals surface area (Å²) in [6.45, 7) is 1.52. The van der Waals surface area contributed by atoms with Crippen LogP contribution >= 0.6 is 11.6 Å². The number of nitrogens with zero attached hydrogens (tertiary/aromatic N) is 5. The van der Waals surface area contributed by atoms with Crippen molar-refractivity contribution in [2.75, 3.05) is 25.5 Å². The van der Waals surface area contributed by atoms with Crippen molar-refractivity contribution in [3.8, 4) is 5.75 Å². The molecule has 0 aliphatic carbocycles. The van der Waals surface area contributed by atoms with Gasteiger partial charge in [0.2, 0.25) is 11.8 Å². The largest absolute Gasteiger partial charge is 0.495 e. The fourth-order valence-electron chi connectivity index (χ4n) is 3.32. The molecule has 2 heterocycles. The van der Waals surface area contributed by atoms with Crippen molar-refractivity contribution in [1.29, 1.82) is 0 Å². The number of amides is 2. The maximum atomic E-state index is 12.4. The van der Waals surface area contributed by atoms with Gasteiger partial charge in [-0.2, -0.15) is 0 Å². The van der Waals surface area contributed by atoms with E-state index in [1.165, 1.54) is 11.0 Å². The number of likely N-dealkylation sites (tertiary alicyclic amines) is 1. The Bertz CT molecular complexity index is 814. The Morgan fingerprint density at radius 1 is 1.39 bits per heavy atom. The molecule has 1 aromatic carbocycles. The number of carbonyl (C=O) groups excluding carboxylic acids is 2. The SMILES string of the molecule is COc1ccc(NC(=O)CCC2CCCN(C(=O)Cn3cnnn3)C2)cc1Cl. The van der Waals surface area contributed by atoms with Gasteiger partial charge in [-0.3, -0.25) is 9.59 Å². The minimum atomic E-state index is -0.0710. The quantitative estimate of drug-likeness (QED) is 0.754. The molecule has 2 amide bonds. The summed E-state index contributed by atoms with van der Waals surface area (Å²) in [5.41, 5.74) is 0.637. The summed E-state index contributed by atoms with van der Waals surface area (Å²) < 4.78 is 6.52. The molecule has 1 aliphatic heterocycles. The van der Waals surface area contributed by atoms with Gasteiger partial charge in [0.25, 0.3) is 0 Å². The first-order valence-corrected chi connectivity index (χ1v) is 9.55. The van der Waals surface area contributed by atoms with Gasteiger partial charge in [0.05, 0.1) is 12.1 Å². The van der Waals surface area contributed by atoms with Crippen molar-refractivity contribution in [2.24, 2.45) is 5.92 Å². The molecule has 1 saturated heterocycles. The van der Waals surface area contributed by atoms with E-state index < -0.39 is 0 Å². The lowest BCUT2D eigenvalue weighted by atomic mass is 9.93. The first-order chi connectivity index (χ1) is 13.5. The van der Waals surface area contributed by atoms with E-state index >= 15 is 0 Å². The Balaban J connectivity index is 1.45. The minimum Gasteiger partial charge on any atom is -0.495 e. The van der Waals surface area contributed by atoms with Crippen LogP contribution in [0.2, 0.25) is 5.02 Å². The second kappa shape index (κ2) is 9.50. The summed E-state index contributed by atoms with van der Waals surface area (Å²) in [4.78, 5) is 26.5. The van der Waals surface area contributed by atoms with E-state index in [0.29, 0.717) is 35.3 Å². The number of methoxy groups -OCH3 is 1. The topological polar surface area (TPSA) is 102 Å². The molecule has 1 aliphatic rings. The van der Waals surface area contributed by atoms with Crippen LogP contribution in [0, 0.1) is 5.92 Å². The van der Waals surface area contributed by atoms with Crippen molar-refractivity contribution in [3.05, 3.63) is 29.5 Å². The van der Waals surface area contributed by atoms with E-state index in [0.717, 1.165) is 25.8 Å². The van der Waals surface area contributed by atoms with Crippen LogP contribution < -0.4 is 10.1 Å². The van der Waals surface area contributed by atoms with E-state index in [2.05, 4.69) is 20.8 Å². The van der Waals surface area contributed by atoms with Crippen molar-refractivity contribution in [2.45, 2.75) is 32.2 Å². The molecule has 9 nitrogen and oxygen atoms in total. The van der Waals surface area contributed by atoms with Crippen LogP contribution in [0.1, 0.15) is 25.7 Å². The summed E-state index contributed by atoms with van der Waals surface area (Å²) in [7, 11) is 1.54. The molecule has 0 radical (unpaired) electrons. The van der Waals surface area contributed by atoms with Gasteiger partial charge in [0.15, 0.2) is 0 Å². The third-order valence-corrected chi connectivity index (χ3v) is 5.07. The minimum absolute atomic E-state index is 0.00525. The number of halogens is 1. The van der Waals surface area contributed by atoms with Crippen molar-refractivity contribution < 1.29 is 14.3 Å². The van der Waals surface area contributed by atoms with Gasteiger partial charge in [-0.1, -0.05) is 11.6 Å². The summed E-state index contributed by atoms with van der Waals surface area (Å²) in [6, 6.07) is 5.13. The predicted octanol–water partition coefficient (Wildman–Crippen LogP) is 1.99. The molecular formula is C18H23ClN6O3. The first kappa shape index (κ1) is 20.1. The molecule has 150 valence electrons. The van der Waals surface area contributed by atoms with Gasteiger partial charge in [-0.15, -0.1) is 5.10 Å². The average molecular weight is 407 g/mol. The summed E-state index contributed by atoms with van der Waals surface area (Å²) in [5, 5.41) is 14.1. The van der Waals surface area contributed by atoms with Crippen LogP contribution in [0.4, 0.5) is 5.69 Å². The summed E-state index contributed by atoms with van der Waals surface area (Å²) >= 11 is 6.08. The molecule has 1 aromatic heterocycles. The number of ether oxygens (including phenoxy) is 1. The van der Waals surface area contributed by atoms with Gasteiger partial charge in [-0.25, -0.2) is 4.68 Å². The van der Waals surface area contributed by atoms with Crippen molar-refractivity contribution in [1.82, 2.24) is 25.1 Å². The molecule has 1 atom stereocenters.